The number of carbonyl (C=O) groups excluding carboxylic acids is 2. The van der Waals surface area contributed by atoms with E-state index in [0.29, 0.717) is 32.4 Å². The van der Waals surface area contributed by atoms with Crippen LogP contribution in [0.15, 0.2) is 36.0 Å². The molecular formula is C35H58N2O9. The Morgan fingerprint density at radius 3 is 2.57 bits per heavy atom. The zero-order valence-corrected chi connectivity index (χ0v) is 29.1. The minimum atomic E-state index is -1.14. The molecule has 3 N–H and O–H groups in total. The monoisotopic (exact) mass is 650 g/mol. The van der Waals surface area contributed by atoms with Gasteiger partial charge in [-0.05, 0) is 58.7 Å². The van der Waals surface area contributed by atoms with Crippen molar-refractivity contribution in [2.45, 2.75) is 121 Å². The molecule has 46 heavy (non-hydrogen) atoms. The summed E-state index contributed by atoms with van der Waals surface area (Å²) in [4.78, 5) is 29.9. The van der Waals surface area contributed by atoms with E-state index in [1.807, 2.05) is 47.7 Å². The van der Waals surface area contributed by atoms with Gasteiger partial charge >= 0.3 is 12.1 Å². The number of hydrogen-bond acceptors (Lipinski definition) is 10. The number of likely N-dealkylation sites (N-methyl/N-ethyl adjacent to an activating group) is 1. The van der Waals surface area contributed by atoms with Crippen molar-refractivity contribution in [1.82, 2.24) is 9.80 Å². The van der Waals surface area contributed by atoms with Crippen molar-refractivity contribution in [2.75, 3.05) is 40.3 Å². The molecule has 0 aromatic rings. The largest absolute Gasteiger partial charge is 0.457 e. The molecule has 2 fully saturated rings. The van der Waals surface area contributed by atoms with Gasteiger partial charge in [0.2, 0.25) is 0 Å². The van der Waals surface area contributed by atoms with Crippen molar-refractivity contribution < 1.29 is 43.9 Å². The molecule has 1 amide bonds. The molecule has 3 rings (SSSR count). The first-order valence-corrected chi connectivity index (χ1v) is 16.8. The Bertz CT molecular complexity index is 1100. The number of ether oxygens (including phenoxy) is 4. The SMILES string of the molecule is CC[C@H](O)[C@@H](C)C1OC1C[C@@](C)(O)/C=C/C=C(\C)[C@H]1OC(=O)C[C@H](O)CC[C@@](C)(OC)[C@@H](OC(=O)N2CCN(C)CC2)/C=C/[C@@H]1C. The van der Waals surface area contributed by atoms with Gasteiger partial charge in [-0.25, -0.2) is 4.79 Å². The summed E-state index contributed by atoms with van der Waals surface area (Å²) in [5, 5.41) is 31.9. The van der Waals surface area contributed by atoms with Crippen LogP contribution in [0.1, 0.15) is 73.6 Å². The molecule has 0 spiro atoms. The number of methoxy groups -OCH3 is 1. The van der Waals surface area contributed by atoms with Gasteiger partial charge in [0.05, 0.1) is 36.4 Å². The summed E-state index contributed by atoms with van der Waals surface area (Å²) >= 11 is 0. The fraction of sp³-hybridized carbons (Fsp3) is 0.771. The number of hydrogen-bond donors (Lipinski definition) is 3. The highest BCUT2D eigenvalue weighted by Gasteiger charge is 2.47. The molecule has 3 aliphatic heterocycles. The highest BCUT2D eigenvalue weighted by molar-refractivity contribution is 5.70. The van der Waals surface area contributed by atoms with Crippen LogP contribution in [-0.4, -0.2) is 125 Å². The fourth-order valence-electron chi connectivity index (χ4n) is 6.18. The average molecular weight is 651 g/mol. The second-order valence-electron chi connectivity index (χ2n) is 14.0. The van der Waals surface area contributed by atoms with E-state index in [1.165, 1.54) is 0 Å². The Hall–Kier alpha value is -2.28. The highest BCUT2D eigenvalue weighted by atomic mass is 16.6. The second kappa shape index (κ2) is 16.7. The van der Waals surface area contributed by atoms with E-state index in [-0.39, 0.29) is 36.9 Å². The van der Waals surface area contributed by atoms with Gasteiger partial charge < -0.3 is 44.1 Å². The topological polar surface area (TPSA) is 142 Å². The number of nitrogens with zero attached hydrogens (tertiary/aromatic N) is 2. The van der Waals surface area contributed by atoms with Crippen LogP contribution in [0, 0.1) is 11.8 Å². The molecule has 11 nitrogen and oxygen atoms in total. The van der Waals surface area contributed by atoms with Crippen molar-refractivity contribution in [2.24, 2.45) is 11.8 Å². The van der Waals surface area contributed by atoms with Crippen LogP contribution in [0.5, 0.6) is 0 Å². The minimum Gasteiger partial charge on any atom is -0.457 e. The third-order valence-electron chi connectivity index (χ3n) is 9.80. The molecule has 0 bridgehead atoms. The number of epoxide rings is 1. The number of piperazine rings is 1. The number of aliphatic hydroxyl groups excluding tert-OH is 2. The predicted molar refractivity (Wildman–Crippen MR) is 175 cm³/mol. The van der Waals surface area contributed by atoms with Gasteiger partial charge in [-0.3, -0.25) is 4.79 Å². The molecule has 0 aliphatic carbocycles. The lowest BCUT2D eigenvalue weighted by molar-refractivity contribution is -0.151. The van der Waals surface area contributed by atoms with Crippen LogP contribution in [-0.2, 0) is 23.7 Å². The quantitative estimate of drug-likeness (QED) is 0.139. The molecule has 0 aromatic heterocycles. The first kappa shape index (κ1) is 38.2. The molecule has 0 saturated carbocycles. The maximum absolute atomic E-state index is 13.2. The Labute approximate surface area is 275 Å². The van der Waals surface area contributed by atoms with Crippen LogP contribution in [0.4, 0.5) is 4.79 Å². The van der Waals surface area contributed by atoms with Crippen LogP contribution < -0.4 is 0 Å². The minimum absolute atomic E-state index is 0.00239. The van der Waals surface area contributed by atoms with Gasteiger partial charge in [-0.2, -0.15) is 0 Å². The van der Waals surface area contributed by atoms with Gasteiger partial charge in [0.15, 0.2) is 6.10 Å². The van der Waals surface area contributed by atoms with Crippen LogP contribution in [0.3, 0.4) is 0 Å². The molecule has 0 aromatic carbocycles. The summed E-state index contributed by atoms with van der Waals surface area (Å²) in [7, 11) is 3.58. The van der Waals surface area contributed by atoms with E-state index in [0.717, 1.165) is 18.7 Å². The summed E-state index contributed by atoms with van der Waals surface area (Å²) in [5.41, 5.74) is -1.34. The van der Waals surface area contributed by atoms with E-state index in [9.17, 15) is 24.9 Å². The zero-order valence-electron chi connectivity index (χ0n) is 29.1. The molecule has 3 heterocycles. The van der Waals surface area contributed by atoms with Crippen molar-refractivity contribution in [1.29, 1.82) is 0 Å². The van der Waals surface area contributed by atoms with Crippen molar-refractivity contribution in [3.05, 3.63) is 36.0 Å². The van der Waals surface area contributed by atoms with Gasteiger partial charge in [0.1, 0.15) is 11.7 Å². The second-order valence-corrected chi connectivity index (χ2v) is 14.0. The fourth-order valence-corrected chi connectivity index (χ4v) is 6.18. The molecule has 3 aliphatic rings. The van der Waals surface area contributed by atoms with Crippen molar-refractivity contribution in [3.63, 3.8) is 0 Å². The van der Waals surface area contributed by atoms with Crippen molar-refractivity contribution in [3.8, 4) is 0 Å². The predicted octanol–water partition coefficient (Wildman–Crippen LogP) is 3.61. The number of carbonyl (C=O) groups is 2. The number of amides is 1. The van der Waals surface area contributed by atoms with E-state index >= 15 is 0 Å². The normalized spacial score (nSPS) is 35.3. The highest BCUT2D eigenvalue weighted by Crippen LogP contribution is 2.37. The van der Waals surface area contributed by atoms with E-state index in [4.69, 9.17) is 18.9 Å². The zero-order chi connectivity index (χ0) is 34.2. The molecule has 2 saturated heterocycles. The summed E-state index contributed by atoms with van der Waals surface area (Å²) < 4.78 is 23.6. The van der Waals surface area contributed by atoms with Crippen molar-refractivity contribution >= 4 is 12.1 Å². The van der Waals surface area contributed by atoms with E-state index in [2.05, 4.69) is 4.90 Å². The maximum atomic E-state index is 13.2. The van der Waals surface area contributed by atoms with Gasteiger partial charge in [0, 0.05) is 51.5 Å². The number of aliphatic hydroxyl groups is 3. The van der Waals surface area contributed by atoms with E-state index < -0.39 is 47.7 Å². The lowest BCUT2D eigenvalue weighted by Gasteiger charge is -2.38. The Morgan fingerprint density at radius 2 is 1.93 bits per heavy atom. The van der Waals surface area contributed by atoms with Crippen LogP contribution in [0.25, 0.3) is 0 Å². The molecular weight excluding hydrogens is 592 g/mol. The van der Waals surface area contributed by atoms with E-state index in [1.54, 1.807) is 43.2 Å². The molecule has 11 heteroatoms. The Balaban J connectivity index is 1.77. The molecule has 0 radical (unpaired) electrons. The molecule has 10 atom stereocenters. The molecule has 262 valence electrons. The maximum Gasteiger partial charge on any atom is 0.410 e. The lowest BCUT2D eigenvalue weighted by atomic mass is 9.88. The third-order valence-corrected chi connectivity index (χ3v) is 9.80. The standard InChI is InChI=1S/C35H58N2O9/c1-9-27(39)25(4)32-28(44-32)22-34(5,42)15-10-11-23(2)31-24(3)12-13-29(45-33(41)37-19-17-36(7)18-20-37)35(6,43-8)16-14-26(38)21-30(40)46-31/h10-13,15,24-29,31-32,38-39,42H,9,14,16-22H2,1-8H3/b13-12+,15-10+,23-11+/t24-,25+,26+,27-,28?,29-,31+,32?,34-,35+/m0/s1. The molecule has 2 unspecified atom stereocenters. The van der Waals surface area contributed by atoms with Crippen LogP contribution in [0.2, 0.25) is 0 Å². The van der Waals surface area contributed by atoms with Gasteiger partial charge in [0.25, 0.3) is 0 Å². The number of cyclic esters (lactones) is 1. The van der Waals surface area contributed by atoms with Crippen LogP contribution >= 0.6 is 0 Å². The summed E-state index contributed by atoms with van der Waals surface area (Å²) in [6, 6.07) is 0. The first-order valence-electron chi connectivity index (χ1n) is 16.8. The lowest BCUT2D eigenvalue weighted by Crippen LogP contribution is -2.50. The Morgan fingerprint density at radius 1 is 1.26 bits per heavy atom. The summed E-state index contributed by atoms with van der Waals surface area (Å²) in [6.07, 6.45) is 6.98. The number of rotatable bonds is 10. The summed E-state index contributed by atoms with van der Waals surface area (Å²) in [5.74, 6) is -0.833. The Kier molecular flexibility index (Phi) is 13.9. The third kappa shape index (κ3) is 10.9. The summed E-state index contributed by atoms with van der Waals surface area (Å²) in [6.45, 7) is 13.9. The smallest absolute Gasteiger partial charge is 0.410 e. The number of allylic oxidation sites excluding steroid dienone is 2. The number of esters is 1. The average Bonchev–Trinajstić information content (AvgIpc) is 3.77. The first-order chi connectivity index (χ1) is 21.6. The van der Waals surface area contributed by atoms with Gasteiger partial charge in [-0.15, -0.1) is 0 Å². The van der Waals surface area contributed by atoms with Gasteiger partial charge in [-0.1, -0.05) is 45.1 Å².